The standard InChI is InChI=1S/C27H31N3O2/c1-4-20(5-2)27(31)28-19(3)26-29-23-14-8-9-15-24(23)30(26)17-18-32-25-16-10-12-21-11-6-7-13-22(21)25/h6-16,19-20H,4-5,17-18H2,1-3H3,(H,28,31). The zero-order valence-electron chi connectivity index (χ0n) is 19.0. The first kappa shape index (κ1) is 21.9. The Hall–Kier alpha value is -3.34. The van der Waals surface area contributed by atoms with Crippen LogP contribution in [0.1, 0.15) is 45.5 Å². The maximum atomic E-state index is 12.7. The fourth-order valence-corrected chi connectivity index (χ4v) is 4.28. The summed E-state index contributed by atoms with van der Waals surface area (Å²) in [7, 11) is 0. The van der Waals surface area contributed by atoms with Gasteiger partial charge in [-0.05, 0) is 43.4 Å². The molecule has 4 aromatic rings. The van der Waals surface area contributed by atoms with Gasteiger partial charge in [0.1, 0.15) is 18.2 Å². The van der Waals surface area contributed by atoms with E-state index in [1.807, 2.05) is 49.4 Å². The zero-order valence-corrected chi connectivity index (χ0v) is 19.0. The second-order valence-corrected chi connectivity index (χ2v) is 8.18. The fraction of sp³-hybridized carbons (Fsp3) is 0.333. The minimum atomic E-state index is -0.187. The van der Waals surface area contributed by atoms with Crippen LogP contribution in [0.2, 0.25) is 0 Å². The monoisotopic (exact) mass is 429 g/mol. The molecule has 166 valence electrons. The molecule has 0 aliphatic heterocycles. The van der Waals surface area contributed by atoms with Crippen molar-refractivity contribution in [2.75, 3.05) is 6.61 Å². The number of nitrogens with zero attached hydrogens (tertiary/aromatic N) is 2. The van der Waals surface area contributed by atoms with E-state index < -0.39 is 0 Å². The Morgan fingerprint density at radius 2 is 1.72 bits per heavy atom. The summed E-state index contributed by atoms with van der Waals surface area (Å²) in [6.45, 7) is 7.26. The smallest absolute Gasteiger partial charge is 0.223 e. The molecule has 1 unspecified atom stereocenters. The number of rotatable bonds is 9. The molecule has 0 saturated heterocycles. The Morgan fingerprint density at radius 3 is 2.53 bits per heavy atom. The molecule has 0 radical (unpaired) electrons. The van der Waals surface area contributed by atoms with Crippen LogP contribution in [0, 0.1) is 5.92 Å². The Morgan fingerprint density at radius 1 is 1.00 bits per heavy atom. The first-order chi connectivity index (χ1) is 15.6. The lowest BCUT2D eigenvalue weighted by atomic mass is 10.0. The van der Waals surface area contributed by atoms with Crippen LogP contribution < -0.4 is 10.1 Å². The van der Waals surface area contributed by atoms with Gasteiger partial charge >= 0.3 is 0 Å². The van der Waals surface area contributed by atoms with E-state index >= 15 is 0 Å². The molecule has 0 aliphatic carbocycles. The van der Waals surface area contributed by atoms with Crippen molar-refractivity contribution < 1.29 is 9.53 Å². The van der Waals surface area contributed by atoms with Gasteiger partial charge in [0, 0.05) is 11.3 Å². The van der Waals surface area contributed by atoms with E-state index in [0.29, 0.717) is 13.2 Å². The Bertz CT molecular complexity index is 1200. The van der Waals surface area contributed by atoms with E-state index in [1.54, 1.807) is 0 Å². The van der Waals surface area contributed by atoms with Crippen LogP contribution in [0.15, 0.2) is 66.7 Å². The van der Waals surface area contributed by atoms with Crippen LogP contribution in [0.4, 0.5) is 0 Å². The number of benzene rings is 3. The number of carbonyl (C=O) groups excluding carboxylic acids is 1. The molecule has 32 heavy (non-hydrogen) atoms. The number of hydrogen-bond donors (Lipinski definition) is 1. The van der Waals surface area contributed by atoms with Gasteiger partial charge in [0.25, 0.3) is 0 Å². The Kier molecular flexibility index (Phi) is 6.74. The average molecular weight is 430 g/mol. The number of carbonyl (C=O) groups is 1. The summed E-state index contributed by atoms with van der Waals surface area (Å²) in [4.78, 5) is 17.5. The summed E-state index contributed by atoms with van der Waals surface area (Å²) in [5, 5.41) is 5.44. The maximum Gasteiger partial charge on any atom is 0.223 e. The van der Waals surface area contributed by atoms with E-state index in [9.17, 15) is 4.79 Å². The molecule has 0 bridgehead atoms. The number of para-hydroxylation sites is 2. The van der Waals surface area contributed by atoms with Gasteiger partial charge in [-0.2, -0.15) is 0 Å². The molecule has 5 heteroatoms. The number of amides is 1. The Balaban J connectivity index is 1.55. The van der Waals surface area contributed by atoms with Crippen LogP contribution in [0.5, 0.6) is 5.75 Å². The van der Waals surface area contributed by atoms with Crippen molar-refractivity contribution in [1.82, 2.24) is 14.9 Å². The van der Waals surface area contributed by atoms with Gasteiger partial charge < -0.3 is 14.6 Å². The largest absolute Gasteiger partial charge is 0.491 e. The summed E-state index contributed by atoms with van der Waals surface area (Å²) in [5.41, 5.74) is 1.98. The van der Waals surface area contributed by atoms with Crippen molar-refractivity contribution >= 4 is 27.7 Å². The molecule has 0 saturated carbocycles. The van der Waals surface area contributed by atoms with E-state index in [4.69, 9.17) is 9.72 Å². The van der Waals surface area contributed by atoms with E-state index in [-0.39, 0.29) is 17.9 Å². The number of aromatic nitrogens is 2. The van der Waals surface area contributed by atoms with Crippen LogP contribution in [-0.4, -0.2) is 22.1 Å². The zero-order chi connectivity index (χ0) is 22.5. The number of hydrogen-bond acceptors (Lipinski definition) is 3. The molecule has 1 atom stereocenters. The summed E-state index contributed by atoms with van der Waals surface area (Å²) in [6, 6.07) is 22.3. The molecular formula is C27H31N3O2. The highest BCUT2D eigenvalue weighted by Gasteiger charge is 2.21. The lowest BCUT2D eigenvalue weighted by Crippen LogP contribution is -2.33. The second kappa shape index (κ2) is 9.86. The molecular weight excluding hydrogens is 398 g/mol. The minimum absolute atomic E-state index is 0.0324. The molecule has 3 aromatic carbocycles. The quantitative estimate of drug-likeness (QED) is 0.361. The normalized spacial score (nSPS) is 12.4. The van der Waals surface area contributed by atoms with E-state index in [0.717, 1.165) is 46.2 Å². The summed E-state index contributed by atoms with van der Waals surface area (Å²) >= 11 is 0. The molecule has 4 rings (SSSR count). The third kappa shape index (κ3) is 4.47. The molecule has 0 aliphatic rings. The van der Waals surface area contributed by atoms with Gasteiger partial charge in [0.2, 0.25) is 5.91 Å². The summed E-state index contributed by atoms with van der Waals surface area (Å²) < 4.78 is 8.36. The molecule has 1 aromatic heterocycles. The lowest BCUT2D eigenvalue weighted by Gasteiger charge is -2.19. The number of nitrogens with one attached hydrogen (secondary N) is 1. The SMILES string of the molecule is CCC(CC)C(=O)NC(C)c1nc2ccccc2n1CCOc1cccc2ccccc12. The number of imidazole rings is 1. The van der Waals surface area contributed by atoms with Gasteiger partial charge in [-0.1, -0.05) is 62.4 Å². The van der Waals surface area contributed by atoms with Crippen molar-refractivity contribution in [3.05, 3.63) is 72.6 Å². The first-order valence-electron chi connectivity index (χ1n) is 11.5. The summed E-state index contributed by atoms with van der Waals surface area (Å²) in [6.07, 6.45) is 1.68. The van der Waals surface area contributed by atoms with Gasteiger partial charge in [-0.25, -0.2) is 4.98 Å². The molecule has 5 nitrogen and oxygen atoms in total. The maximum absolute atomic E-state index is 12.7. The molecule has 0 fully saturated rings. The number of fused-ring (bicyclic) bond motifs is 2. The fourth-order valence-electron chi connectivity index (χ4n) is 4.28. The van der Waals surface area contributed by atoms with Crippen LogP contribution in [-0.2, 0) is 11.3 Å². The van der Waals surface area contributed by atoms with Crippen molar-refractivity contribution in [3.63, 3.8) is 0 Å². The topological polar surface area (TPSA) is 56.2 Å². The highest BCUT2D eigenvalue weighted by molar-refractivity contribution is 5.88. The summed E-state index contributed by atoms with van der Waals surface area (Å²) in [5.74, 6) is 1.86. The molecule has 0 spiro atoms. The van der Waals surface area contributed by atoms with Gasteiger partial charge in [-0.15, -0.1) is 0 Å². The highest BCUT2D eigenvalue weighted by atomic mass is 16.5. The van der Waals surface area contributed by atoms with Crippen LogP contribution >= 0.6 is 0 Å². The number of ether oxygens (including phenoxy) is 1. The lowest BCUT2D eigenvalue weighted by molar-refractivity contribution is -0.125. The average Bonchev–Trinajstić information content (AvgIpc) is 3.19. The minimum Gasteiger partial charge on any atom is -0.491 e. The van der Waals surface area contributed by atoms with Crippen molar-refractivity contribution in [1.29, 1.82) is 0 Å². The molecule has 1 amide bonds. The van der Waals surface area contributed by atoms with Crippen LogP contribution in [0.25, 0.3) is 21.8 Å². The predicted octanol–water partition coefficient (Wildman–Crippen LogP) is 5.88. The third-order valence-corrected chi connectivity index (χ3v) is 6.11. The highest BCUT2D eigenvalue weighted by Crippen LogP contribution is 2.26. The van der Waals surface area contributed by atoms with Gasteiger partial charge in [0.05, 0.1) is 23.6 Å². The molecule has 1 N–H and O–H groups in total. The first-order valence-corrected chi connectivity index (χ1v) is 11.5. The van der Waals surface area contributed by atoms with Crippen molar-refractivity contribution in [2.45, 2.75) is 46.2 Å². The van der Waals surface area contributed by atoms with Crippen LogP contribution in [0.3, 0.4) is 0 Å². The van der Waals surface area contributed by atoms with Crippen molar-refractivity contribution in [2.24, 2.45) is 5.92 Å². The second-order valence-electron chi connectivity index (χ2n) is 8.18. The van der Waals surface area contributed by atoms with E-state index in [1.165, 1.54) is 0 Å². The van der Waals surface area contributed by atoms with Crippen molar-refractivity contribution in [3.8, 4) is 5.75 Å². The predicted molar refractivity (Wildman–Crippen MR) is 130 cm³/mol. The molecule has 1 heterocycles. The van der Waals surface area contributed by atoms with Gasteiger partial charge in [0.15, 0.2) is 0 Å². The Labute approximate surface area is 189 Å². The van der Waals surface area contributed by atoms with E-state index in [2.05, 4.69) is 48.0 Å². The third-order valence-electron chi connectivity index (χ3n) is 6.11. The van der Waals surface area contributed by atoms with Gasteiger partial charge in [-0.3, -0.25) is 4.79 Å².